The summed E-state index contributed by atoms with van der Waals surface area (Å²) in [6.07, 6.45) is 0. The molecule has 0 atom stereocenters. The van der Waals surface area contributed by atoms with Gasteiger partial charge in [-0.3, -0.25) is 9.59 Å². The van der Waals surface area contributed by atoms with Gasteiger partial charge in [-0.25, -0.2) is 0 Å². The van der Waals surface area contributed by atoms with Crippen LogP contribution < -0.4 is 5.32 Å². The first-order valence-corrected chi connectivity index (χ1v) is 5.06. The maximum absolute atomic E-state index is 10.8. The lowest BCUT2D eigenvalue weighted by atomic mass is 10.2. The fourth-order valence-corrected chi connectivity index (χ4v) is 1.32. The van der Waals surface area contributed by atoms with Crippen LogP contribution in [0.15, 0.2) is 18.2 Å². The van der Waals surface area contributed by atoms with E-state index < -0.39 is 0 Å². The number of amides is 1. The van der Waals surface area contributed by atoms with Gasteiger partial charge in [0.15, 0.2) is 0 Å². The first-order chi connectivity index (χ1) is 7.49. The highest BCUT2D eigenvalue weighted by Gasteiger charge is 2.04. The number of benzene rings is 1. The molecule has 1 aromatic rings. The Hall–Kier alpha value is -1.55. The summed E-state index contributed by atoms with van der Waals surface area (Å²) in [7, 11) is 0. The van der Waals surface area contributed by atoms with E-state index in [1.807, 2.05) is 0 Å². The molecule has 5 heteroatoms. The molecule has 0 aliphatic carbocycles. The van der Waals surface area contributed by atoms with Crippen molar-refractivity contribution in [2.24, 2.45) is 0 Å². The normalized spacial score (nSPS) is 9.69. The average Bonchev–Trinajstić information content (AvgIpc) is 2.18. The second-order valence-electron chi connectivity index (χ2n) is 3.27. The highest BCUT2D eigenvalue weighted by Crippen LogP contribution is 2.21. The quantitative estimate of drug-likeness (QED) is 0.827. The van der Waals surface area contributed by atoms with E-state index in [0.29, 0.717) is 16.3 Å². The van der Waals surface area contributed by atoms with Crippen LogP contribution in [0.25, 0.3) is 0 Å². The fraction of sp³-hybridized carbons (Fsp3) is 0.273. The molecule has 0 aromatic heterocycles. The monoisotopic (exact) mass is 241 g/mol. The lowest BCUT2D eigenvalue weighted by Crippen LogP contribution is -2.06. The summed E-state index contributed by atoms with van der Waals surface area (Å²) in [4.78, 5) is 21.5. The van der Waals surface area contributed by atoms with Gasteiger partial charge in [0, 0.05) is 30.1 Å². The number of nitrogens with one attached hydrogen (secondary N) is 1. The van der Waals surface area contributed by atoms with Crippen molar-refractivity contribution in [1.82, 2.24) is 0 Å². The molecule has 0 fully saturated rings. The van der Waals surface area contributed by atoms with Crippen molar-refractivity contribution < 1.29 is 14.3 Å². The van der Waals surface area contributed by atoms with Crippen LogP contribution in [0.3, 0.4) is 0 Å². The van der Waals surface area contributed by atoms with Crippen molar-refractivity contribution in [3.63, 3.8) is 0 Å². The van der Waals surface area contributed by atoms with E-state index in [-0.39, 0.29) is 18.5 Å². The molecule has 0 saturated carbocycles. The SMILES string of the molecule is CC(=O)Nc1ccc(Cl)c(COC(C)=O)c1. The van der Waals surface area contributed by atoms with E-state index >= 15 is 0 Å². The second kappa shape index (κ2) is 5.51. The number of hydrogen-bond acceptors (Lipinski definition) is 3. The van der Waals surface area contributed by atoms with E-state index in [1.54, 1.807) is 18.2 Å². The topological polar surface area (TPSA) is 55.4 Å². The van der Waals surface area contributed by atoms with Crippen molar-refractivity contribution in [3.8, 4) is 0 Å². The van der Waals surface area contributed by atoms with Crippen molar-refractivity contribution in [1.29, 1.82) is 0 Å². The number of halogens is 1. The van der Waals surface area contributed by atoms with Gasteiger partial charge in [0.05, 0.1) is 0 Å². The number of esters is 1. The molecule has 1 amide bonds. The maximum atomic E-state index is 10.8. The second-order valence-corrected chi connectivity index (χ2v) is 3.67. The molecular weight excluding hydrogens is 230 g/mol. The Morgan fingerprint density at radius 3 is 2.62 bits per heavy atom. The Labute approximate surface area is 98.5 Å². The number of hydrogen-bond donors (Lipinski definition) is 1. The molecule has 1 rings (SSSR count). The first kappa shape index (κ1) is 12.5. The van der Waals surface area contributed by atoms with Gasteiger partial charge < -0.3 is 10.1 Å². The summed E-state index contributed by atoms with van der Waals surface area (Å²) in [6.45, 7) is 2.84. The summed E-state index contributed by atoms with van der Waals surface area (Å²) in [5.74, 6) is -0.540. The van der Waals surface area contributed by atoms with Gasteiger partial charge in [0.25, 0.3) is 0 Å². The molecule has 0 radical (unpaired) electrons. The van der Waals surface area contributed by atoms with Gasteiger partial charge in [-0.2, -0.15) is 0 Å². The van der Waals surface area contributed by atoms with E-state index in [4.69, 9.17) is 16.3 Å². The lowest BCUT2D eigenvalue weighted by Gasteiger charge is -2.08. The summed E-state index contributed by atoms with van der Waals surface area (Å²) in [6, 6.07) is 5.00. The standard InChI is InChI=1S/C11H12ClNO3/c1-7(14)13-10-3-4-11(12)9(5-10)6-16-8(2)15/h3-5H,6H2,1-2H3,(H,13,14). The highest BCUT2D eigenvalue weighted by atomic mass is 35.5. The smallest absolute Gasteiger partial charge is 0.302 e. The van der Waals surface area contributed by atoms with Crippen LogP contribution in [0.1, 0.15) is 19.4 Å². The van der Waals surface area contributed by atoms with Gasteiger partial charge >= 0.3 is 5.97 Å². The highest BCUT2D eigenvalue weighted by molar-refractivity contribution is 6.31. The molecule has 1 N–H and O–H groups in total. The van der Waals surface area contributed by atoms with Crippen molar-refractivity contribution in [2.45, 2.75) is 20.5 Å². The first-order valence-electron chi connectivity index (χ1n) is 4.68. The average molecular weight is 242 g/mol. The molecule has 0 unspecified atom stereocenters. The minimum atomic E-state index is -0.374. The third-order valence-corrected chi connectivity index (χ3v) is 2.17. The summed E-state index contributed by atoms with van der Waals surface area (Å²) >= 11 is 5.91. The Bertz CT molecular complexity index is 418. The molecule has 86 valence electrons. The molecule has 16 heavy (non-hydrogen) atoms. The van der Waals surface area contributed by atoms with E-state index in [2.05, 4.69) is 5.32 Å². The molecule has 1 aromatic carbocycles. The van der Waals surface area contributed by atoms with E-state index in [0.717, 1.165) is 0 Å². The van der Waals surface area contributed by atoms with Gasteiger partial charge in [0.1, 0.15) is 6.61 Å². The molecule has 0 aliphatic rings. The van der Waals surface area contributed by atoms with Crippen LogP contribution >= 0.6 is 11.6 Å². The maximum Gasteiger partial charge on any atom is 0.302 e. The number of carbonyl (C=O) groups excluding carboxylic acids is 2. The van der Waals surface area contributed by atoms with Gasteiger partial charge in [-0.05, 0) is 18.2 Å². The molecular formula is C11H12ClNO3. The van der Waals surface area contributed by atoms with Crippen LogP contribution in [0.4, 0.5) is 5.69 Å². The number of carbonyl (C=O) groups is 2. The Morgan fingerprint density at radius 2 is 2.06 bits per heavy atom. The van der Waals surface area contributed by atoms with Crippen LogP contribution in [0.5, 0.6) is 0 Å². The molecule has 0 bridgehead atoms. The van der Waals surface area contributed by atoms with Gasteiger partial charge in [0.2, 0.25) is 5.91 Å². The largest absolute Gasteiger partial charge is 0.461 e. The van der Waals surface area contributed by atoms with Crippen molar-refractivity contribution in [2.75, 3.05) is 5.32 Å². The van der Waals surface area contributed by atoms with E-state index in [9.17, 15) is 9.59 Å². The lowest BCUT2D eigenvalue weighted by molar-refractivity contribution is -0.142. The van der Waals surface area contributed by atoms with Gasteiger partial charge in [-0.15, -0.1) is 0 Å². The van der Waals surface area contributed by atoms with Crippen LogP contribution in [0, 0.1) is 0 Å². The molecule has 0 aliphatic heterocycles. The van der Waals surface area contributed by atoms with Crippen LogP contribution in [-0.2, 0) is 20.9 Å². The predicted molar refractivity (Wildman–Crippen MR) is 61.2 cm³/mol. The molecule has 4 nitrogen and oxygen atoms in total. The Kier molecular flexibility index (Phi) is 4.31. The summed E-state index contributed by atoms with van der Waals surface area (Å²) in [5.41, 5.74) is 1.28. The minimum Gasteiger partial charge on any atom is -0.461 e. The Balaban J connectivity index is 2.81. The zero-order valence-corrected chi connectivity index (χ0v) is 9.80. The van der Waals surface area contributed by atoms with Crippen molar-refractivity contribution >= 4 is 29.2 Å². The molecule has 0 spiro atoms. The molecule has 0 heterocycles. The third-order valence-electron chi connectivity index (χ3n) is 1.80. The van der Waals surface area contributed by atoms with E-state index in [1.165, 1.54) is 13.8 Å². The van der Waals surface area contributed by atoms with Crippen LogP contribution in [-0.4, -0.2) is 11.9 Å². The fourth-order valence-electron chi connectivity index (χ4n) is 1.15. The van der Waals surface area contributed by atoms with Crippen LogP contribution in [0.2, 0.25) is 5.02 Å². The summed E-state index contributed by atoms with van der Waals surface area (Å²) < 4.78 is 4.83. The zero-order chi connectivity index (χ0) is 12.1. The minimum absolute atomic E-state index is 0.0988. The third kappa shape index (κ3) is 3.90. The number of ether oxygens (including phenoxy) is 1. The Morgan fingerprint density at radius 1 is 1.38 bits per heavy atom. The predicted octanol–water partition coefficient (Wildman–Crippen LogP) is 2.36. The zero-order valence-electron chi connectivity index (χ0n) is 9.04. The molecule has 0 saturated heterocycles. The van der Waals surface area contributed by atoms with Gasteiger partial charge in [-0.1, -0.05) is 11.6 Å². The number of rotatable bonds is 3. The number of anilines is 1. The summed E-state index contributed by atoms with van der Waals surface area (Å²) in [5, 5.41) is 3.12. The van der Waals surface area contributed by atoms with Crippen molar-refractivity contribution in [3.05, 3.63) is 28.8 Å².